The van der Waals surface area contributed by atoms with Crippen LogP contribution in [0.5, 0.6) is 11.5 Å². The third-order valence-electron chi connectivity index (χ3n) is 4.96. The fourth-order valence-corrected chi connectivity index (χ4v) is 3.44. The standard InChI is InChI=1S/C22H22F3N3O4/c1-14(29)26-21(22(23,24)25)20(30)28(19(27-21)16-7-5-4-6-8-16)12-11-15-9-10-17(31-2)18(13-15)32-3/h4-10,13H,11-12H2,1-3H3,(H,26,29)/t21-/m1/s1. The number of nitrogens with zero attached hydrogens (tertiary/aromatic N) is 2. The van der Waals surface area contributed by atoms with Crippen molar-refractivity contribution < 1.29 is 32.2 Å². The summed E-state index contributed by atoms with van der Waals surface area (Å²) < 4.78 is 52.5. The van der Waals surface area contributed by atoms with E-state index in [-0.39, 0.29) is 18.8 Å². The maximum Gasteiger partial charge on any atom is 0.442 e. The summed E-state index contributed by atoms with van der Waals surface area (Å²) in [6, 6.07) is 13.1. The van der Waals surface area contributed by atoms with Crippen molar-refractivity contribution in [3.63, 3.8) is 0 Å². The van der Waals surface area contributed by atoms with Gasteiger partial charge in [0.15, 0.2) is 11.5 Å². The van der Waals surface area contributed by atoms with Crippen molar-refractivity contribution in [3.05, 3.63) is 59.7 Å². The Morgan fingerprint density at radius 2 is 1.75 bits per heavy atom. The molecule has 10 heteroatoms. The molecule has 32 heavy (non-hydrogen) atoms. The van der Waals surface area contributed by atoms with E-state index in [9.17, 15) is 22.8 Å². The van der Waals surface area contributed by atoms with Crippen molar-refractivity contribution in [2.45, 2.75) is 25.2 Å². The van der Waals surface area contributed by atoms with Gasteiger partial charge < -0.3 is 14.8 Å². The van der Waals surface area contributed by atoms with Crippen LogP contribution >= 0.6 is 0 Å². The van der Waals surface area contributed by atoms with Crippen LogP contribution in [0.15, 0.2) is 53.5 Å². The van der Waals surface area contributed by atoms with Crippen molar-refractivity contribution >= 4 is 17.6 Å². The number of carbonyl (C=O) groups excluding carboxylic acids is 2. The zero-order valence-electron chi connectivity index (χ0n) is 17.7. The lowest BCUT2D eigenvalue weighted by atomic mass is 10.1. The molecule has 0 fully saturated rings. The molecule has 0 radical (unpaired) electrons. The van der Waals surface area contributed by atoms with Gasteiger partial charge in [-0.25, -0.2) is 4.99 Å². The van der Waals surface area contributed by atoms with E-state index in [1.807, 2.05) is 0 Å². The van der Waals surface area contributed by atoms with Gasteiger partial charge >= 0.3 is 11.8 Å². The maximum atomic E-state index is 14.0. The topological polar surface area (TPSA) is 80.2 Å². The zero-order chi connectivity index (χ0) is 23.5. The van der Waals surface area contributed by atoms with Gasteiger partial charge in [-0.2, -0.15) is 13.2 Å². The van der Waals surface area contributed by atoms with E-state index in [4.69, 9.17) is 9.47 Å². The summed E-state index contributed by atoms with van der Waals surface area (Å²) in [6.07, 6.45) is -4.92. The first-order valence-electron chi connectivity index (χ1n) is 9.66. The SMILES string of the molecule is COc1ccc(CCN2C(=O)[C@](NC(C)=O)(C(F)(F)F)N=C2c2ccccc2)cc1OC. The molecule has 0 saturated carbocycles. The first kappa shape index (κ1) is 23.1. The maximum absolute atomic E-state index is 14.0. The lowest BCUT2D eigenvalue weighted by Crippen LogP contribution is -2.63. The van der Waals surface area contributed by atoms with Gasteiger partial charge in [-0.1, -0.05) is 36.4 Å². The molecule has 2 aromatic carbocycles. The Morgan fingerprint density at radius 3 is 2.31 bits per heavy atom. The number of nitrogens with one attached hydrogen (secondary N) is 1. The molecule has 2 amide bonds. The van der Waals surface area contributed by atoms with Crippen molar-refractivity contribution in [2.24, 2.45) is 4.99 Å². The number of hydrogen-bond donors (Lipinski definition) is 1. The molecular formula is C22H22F3N3O4. The highest BCUT2D eigenvalue weighted by Crippen LogP contribution is 2.38. The van der Waals surface area contributed by atoms with Crippen LogP contribution in [0.1, 0.15) is 18.1 Å². The molecule has 1 aliphatic heterocycles. The Bertz CT molecular complexity index is 1040. The van der Waals surface area contributed by atoms with Gasteiger partial charge in [0.2, 0.25) is 5.91 Å². The number of rotatable bonds is 7. The molecule has 0 saturated heterocycles. The van der Waals surface area contributed by atoms with Gasteiger partial charge in [-0.15, -0.1) is 0 Å². The molecule has 3 rings (SSSR count). The second-order valence-corrected chi connectivity index (χ2v) is 7.09. The molecule has 7 nitrogen and oxygen atoms in total. The van der Waals surface area contributed by atoms with Crippen molar-refractivity contribution in [2.75, 3.05) is 20.8 Å². The molecule has 0 bridgehead atoms. The number of methoxy groups -OCH3 is 2. The number of amidine groups is 1. The Labute approximate surface area is 182 Å². The van der Waals surface area contributed by atoms with E-state index in [2.05, 4.69) is 4.99 Å². The highest BCUT2D eigenvalue weighted by Gasteiger charge is 2.66. The summed E-state index contributed by atoms with van der Waals surface area (Å²) in [5.74, 6) is -1.59. The summed E-state index contributed by atoms with van der Waals surface area (Å²) >= 11 is 0. The van der Waals surface area contributed by atoms with Crippen LogP contribution in [0.2, 0.25) is 0 Å². The van der Waals surface area contributed by atoms with Crippen LogP contribution in [0.3, 0.4) is 0 Å². The molecule has 0 aromatic heterocycles. The number of amides is 2. The second kappa shape index (κ2) is 8.89. The first-order valence-corrected chi connectivity index (χ1v) is 9.66. The summed E-state index contributed by atoms with van der Waals surface area (Å²) in [7, 11) is 2.96. The first-order chi connectivity index (χ1) is 15.1. The van der Waals surface area contributed by atoms with E-state index in [1.54, 1.807) is 53.8 Å². The summed E-state index contributed by atoms with van der Waals surface area (Å²) in [5, 5.41) is 1.73. The zero-order valence-corrected chi connectivity index (χ0v) is 17.7. The van der Waals surface area contributed by atoms with E-state index in [0.29, 0.717) is 22.6 Å². The molecule has 170 valence electrons. The molecule has 1 aliphatic rings. The number of carbonyl (C=O) groups is 2. The summed E-state index contributed by atoms with van der Waals surface area (Å²) in [4.78, 5) is 29.3. The Balaban J connectivity index is 1.99. The van der Waals surface area contributed by atoms with E-state index < -0.39 is 23.7 Å². The van der Waals surface area contributed by atoms with Crippen LogP contribution in [0.25, 0.3) is 0 Å². The smallest absolute Gasteiger partial charge is 0.442 e. The van der Waals surface area contributed by atoms with Crippen LogP contribution in [-0.4, -0.2) is 55.2 Å². The predicted molar refractivity (Wildman–Crippen MR) is 111 cm³/mol. The second-order valence-electron chi connectivity index (χ2n) is 7.09. The van der Waals surface area contributed by atoms with E-state index in [0.717, 1.165) is 11.8 Å². The third kappa shape index (κ3) is 4.25. The third-order valence-corrected chi connectivity index (χ3v) is 4.96. The minimum absolute atomic E-state index is 0.0978. The van der Waals surface area contributed by atoms with Gasteiger partial charge in [0, 0.05) is 19.0 Å². The van der Waals surface area contributed by atoms with Gasteiger partial charge in [0.05, 0.1) is 14.2 Å². The van der Waals surface area contributed by atoms with Crippen LogP contribution in [0.4, 0.5) is 13.2 Å². The number of benzene rings is 2. The number of halogens is 3. The molecular weight excluding hydrogens is 427 g/mol. The molecule has 0 spiro atoms. The van der Waals surface area contributed by atoms with Gasteiger partial charge in [0.25, 0.3) is 5.91 Å². The van der Waals surface area contributed by atoms with Gasteiger partial charge in [0.1, 0.15) is 5.84 Å². The van der Waals surface area contributed by atoms with Gasteiger partial charge in [-0.3, -0.25) is 14.5 Å². The summed E-state index contributed by atoms with van der Waals surface area (Å²) in [6.45, 7) is 0.810. The Hall–Kier alpha value is -3.56. The molecule has 2 aromatic rings. The van der Waals surface area contributed by atoms with Crippen LogP contribution in [-0.2, 0) is 16.0 Å². The average molecular weight is 449 g/mol. The minimum Gasteiger partial charge on any atom is -0.493 e. The largest absolute Gasteiger partial charge is 0.493 e. The number of aliphatic imine (C=N–C) groups is 1. The van der Waals surface area contributed by atoms with Crippen LogP contribution in [0, 0.1) is 0 Å². The normalized spacial score (nSPS) is 18.4. The van der Waals surface area contributed by atoms with E-state index >= 15 is 0 Å². The summed E-state index contributed by atoms with van der Waals surface area (Å²) in [5.41, 5.74) is -2.33. The highest BCUT2D eigenvalue weighted by atomic mass is 19.4. The Kier molecular flexibility index (Phi) is 6.42. The molecule has 0 aliphatic carbocycles. The van der Waals surface area contributed by atoms with Crippen molar-refractivity contribution in [1.29, 1.82) is 0 Å². The molecule has 1 heterocycles. The highest BCUT2D eigenvalue weighted by molar-refractivity contribution is 6.16. The minimum atomic E-state index is -5.13. The number of hydrogen-bond acceptors (Lipinski definition) is 5. The molecule has 0 unspecified atom stereocenters. The van der Waals surface area contributed by atoms with Crippen molar-refractivity contribution in [1.82, 2.24) is 10.2 Å². The predicted octanol–water partition coefficient (Wildman–Crippen LogP) is 2.93. The molecule has 1 N–H and O–H groups in total. The van der Waals surface area contributed by atoms with E-state index in [1.165, 1.54) is 14.2 Å². The lowest BCUT2D eigenvalue weighted by molar-refractivity contribution is -0.199. The number of alkyl halides is 3. The monoisotopic (exact) mass is 449 g/mol. The quantitative estimate of drug-likeness (QED) is 0.705. The Morgan fingerprint density at radius 1 is 1.09 bits per heavy atom. The van der Waals surface area contributed by atoms with Crippen LogP contribution < -0.4 is 14.8 Å². The lowest BCUT2D eigenvalue weighted by Gasteiger charge is -2.28. The number of ether oxygens (including phenoxy) is 2. The van der Waals surface area contributed by atoms with Gasteiger partial charge in [-0.05, 0) is 24.1 Å². The van der Waals surface area contributed by atoms with Crippen molar-refractivity contribution in [3.8, 4) is 11.5 Å². The average Bonchev–Trinajstić information content (AvgIpc) is 3.04. The fraction of sp³-hybridized carbons (Fsp3) is 0.318. The fourth-order valence-electron chi connectivity index (χ4n) is 3.44. The molecule has 1 atom stereocenters.